The van der Waals surface area contributed by atoms with Gasteiger partial charge in [-0.05, 0) is 43.7 Å². The van der Waals surface area contributed by atoms with Crippen molar-refractivity contribution < 1.29 is 9.90 Å². The highest BCUT2D eigenvalue weighted by molar-refractivity contribution is 7.99. The summed E-state index contributed by atoms with van der Waals surface area (Å²) in [6, 6.07) is 1.86. The van der Waals surface area contributed by atoms with E-state index in [0.717, 1.165) is 35.5 Å². The average molecular weight is 263 g/mol. The lowest BCUT2D eigenvalue weighted by Crippen LogP contribution is -2.06. The SMILES string of the molecule is O=C(O)c1cc2c(nc1SC1CCCC1)CCC2. The van der Waals surface area contributed by atoms with Crippen molar-refractivity contribution in [2.24, 2.45) is 0 Å². The summed E-state index contributed by atoms with van der Waals surface area (Å²) in [4.78, 5) is 16.0. The molecule has 1 N–H and O–H groups in total. The smallest absolute Gasteiger partial charge is 0.338 e. The maximum atomic E-state index is 11.3. The first-order valence-electron chi connectivity index (χ1n) is 6.67. The predicted octanol–water partition coefficient (Wildman–Crippen LogP) is 3.30. The van der Waals surface area contributed by atoms with Crippen LogP contribution in [0.4, 0.5) is 0 Å². The molecule has 0 radical (unpaired) electrons. The topological polar surface area (TPSA) is 50.2 Å². The summed E-state index contributed by atoms with van der Waals surface area (Å²) < 4.78 is 0. The van der Waals surface area contributed by atoms with Gasteiger partial charge in [0.1, 0.15) is 5.03 Å². The van der Waals surface area contributed by atoms with Crippen LogP contribution in [0.15, 0.2) is 11.1 Å². The van der Waals surface area contributed by atoms with Crippen LogP contribution in [0, 0.1) is 0 Å². The highest BCUT2D eigenvalue weighted by Gasteiger charge is 2.24. The summed E-state index contributed by atoms with van der Waals surface area (Å²) in [6.07, 6.45) is 8.03. The van der Waals surface area contributed by atoms with Crippen LogP contribution in [-0.2, 0) is 12.8 Å². The molecule has 2 aliphatic rings. The molecule has 1 heterocycles. The van der Waals surface area contributed by atoms with E-state index in [0.29, 0.717) is 10.8 Å². The fraction of sp³-hybridized carbons (Fsp3) is 0.571. The van der Waals surface area contributed by atoms with Gasteiger partial charge in [0.2, 0.25) is 0 Å². The maximum Gasteiger partial charge on any atom is 0.338 e. The molecule has 0 spiro atoms. The number of hydrogen-bond acceptors (Lipinski definition) is 3. The molecule has 0 saturated heterocycles. The lowest BCUT2D eigenvalue weighted by Gasteiger charge is -2.12. The minimum atomic E-state index is -0.835. The number of carbonyl (C=O) groups is 1. The zero-order chi connectivity index (χ0) is 12.5. The van der Waals surface area contributed by atoms with Crippen molar-refractivity contribution in [2.75, 3.05) is 0 Å². The number of rotatable bonds is 3. The summed E-state index contributed by atoms with van der Waals surface area (Å²) in [5.41, 5.74) is 2.68. The third-order valence-corrected chi connectivity index (χ3v) is 5.17. The van der Waals surface area contributed by atoms with Gasteiger partial charge in [-0.2, -0.15) is 0 Å². The Balaban J connectivity index is 1.92. The van der Waals surface area contributed by atoms with E-state index in [2.05, 4.69) is 4.98 Å². The minimum Gasteiger partial charge on any atom is -0.478 e. The Morgan fingerprint density at radius 1 is 1.28 bits per heavy atom. The summed E-state index contributed by atoms with van der Waals surface area (Å²) >= 11 is 1.68. The lowest BCUT2D eigenvalue weighted by molar-refractivity contribution is 0.0692. The Kier molecular flexibility index (Phi) is 3.29. The van der Waals surface area contributed by atoms with Gasteiger partial charge in [-0.15, -0.1) is 11.8 Å². The Hall–Kier alpha value is -1.03. The molecule has 0 aromatic carbocycles. The third-order valence-electron chi connectivity index (χ3n) is 3.83. The van der Waals surface area contributed by atoms with Crippen molar-refractivity contribution in [3.05, 3.63) is 22.9 Å². The van der Waals surface area contributed by atoms with Crippen LogP contribution in [0.5, 0.6) is 0 Å². The number of thioether (sulfide) groups is 1. The molecule has 3 nitrogen and oxygen atoms in total. The second-order valence-electron chi connectivity index (χ2n) is 5.13. The largest absolute Gasteiger partial charge is 0.478 e. The monoisotopic (exact) mass is 263 g/mol. The normalized spacial score (nSPS) is 19.1. The molecule has 4 heteroatoms. The van der Waals surface area contributed by atoms with E-state index in [1.807, 2.05) is 6.07 Å². The summed E-state index contributed by atoms with van der Waals surface area (Å²) in [5.74, 6) is -0.835. The summed E-state index contributed by atoms with van der Waals surface area (Å²) in [7, 11) is 0. The van der Waals surface area contributed by atoms with Crippen LogP contribution in [0.25, 0.3) is 0 Å². The van der Waals surface area contributed by atoms with Gasteiger partial charge < -0.3 is 5.11 Å². The molecule has 1 saturated carbocycles. The second kappa shape index (κ2) is 4.92. The molecular formula is C14H17NO2S. The quantitative estimate of drug-likeness (QED) is 0.909. The number of hydrogen-bond donors (Lipinski definition) is 1. The van der Waals surface area contributed by atoms with Crippen LogP contribution in [-0.4, -0.2) is 21.3 Å². The first kappa shape index (κ1) is 12.0. The molecule has 18 heavy (non-hydrogen) atoms. The van der Waals surface area contributed by atoms with E-state index >= 15 is 0 Å². The van der Waals surface area contributed by atoms with Crippen molar-refractivity contribution >= 4 is 17.7 Å². The zero-order valence-electron chi connectivity index (χ0n) is 10.3. The van der Waals surface area contributed by atoms with E-state index in [1.54, 1.807) is 11.8 Å². The van der Waals surface area contributed by atoms with E-state index in [1.165, 1.54) is 25.7 Å². The highest BCUT2D eigenvalue weighted by atomic mass is 32.2. The predicted molar refractivity (Wildman–Crippen MR) is 71.3 cm³/mol. The average Bonchev–Trinajstić information content (AvgIpc) is 2.97. The highest BCUT2D eigenvalue weighted by Crippen LogP contribution is 2.36. The Labute approximate surface area is 111 Å². The number of aryl methyl sites for hydroxylation is 2. The fourth-order valence-electron chi connectivity index (χ4n) is 2.86. The molecule has 0 aliphatic heterocycles. The van der Waals surface area contributed by atoms with Gasteiger partial charge in [0.25, 0.3) is 0 Å². The molecule has 0 atom stereocenters. The van der Waals surface area contributed by atoms with Crippen molar-refractivity contribution in [2.45, 2.75) is 55.2 Å². The first-order chi connectivity index (χ1) is 8.74. The maximum absolute atomic E-state index is 11.3. The Morgan fingerprint density at radius 3 is 2.78 bits per heavy atom. The summed E-state index contributed by atoms with van der Waals surface area (Å²) in [6.45, 7) is 0. The summed E-state index contributed by atoms with van der Waals surface area (Å²) in [5, 5.41) is 10.6. The van der Waals surface area contributed by atoms with Crippen LogP contribution >= 0.6 is 11.8 Å². The van der Waals surface area contributed by atoms with Gasteiger partial charge in [-0.3, -0.25) is 0 Å². The third kappa shape index (κ3) is 2.26. The van der Waals surface area contributed by atoms with Crippen LogP contribution in [0.1, 0.15) is 53.7 Å². The number of pyridine rings is 1. The number of fused-ring (bicyclic) bond motifs is 1. The van der Waals surface area contributed by atoms with Crippen molar-refractivity contribution in [1.82, 2.24) is 4.98 Å². The van der Waals surface area contributed by atoms with E-state index in [9.17, 15) is 9.90 Å². The molecular weight excluding hydrogens is 246 g/mol. The molecule has 96 valence electrons. The number of nitrogens with zero attached hydrogens (tertiary/aromatic N) is 1. The molecule has 2 aliphatic carbocycles. The molecule has 0 unspecified atom stereocenters. The van der Waals surface area contributed by atoms with Crippen LogP contribution in [0.2, 0.25) is 0 Å². The molecule has 0 bridgehead atoms. The number of carboxylic acids is 1. The lowest BCUT2D eigenvalue weighted by atomic mass is 10.1. The van der Waals surface area contributed by atoms with Crippen molar-refractivity contribution in [3.8, 4) is 0 Å². The van der Waals surface area contributed by atoms with Gasteiger partial charge in [-0.25, -0.2) is 9.78 Å². The van der Waals surface area contributed by atoms with Crippen LogP contribution < -0.4 is 0 Å². The van der Waals surface area contributed by atoms with Gasteiger partial charge in [0.15, 0.2) is 0 Å². The molecule has 1 aromatic rings. The molecule has 1 fully saturated rings. The number of aromatic nitrogens is 1. The second-order valence-corrected chi connectivity index (χ2v) is 6.42. The van der Waals surface area contributed by atoms with Gasteiger partial charge in [-0.1, -0.05) is 12.8 Å². The van der Waals surface area contributed by atoms with E-state index in [-0.39, 0.29) is 0 Å². The Bertz CT molecular complexity index is 481. The zero-order valence-corrected chi connectivity index (χ0v) is 11.1. The van der Waals surface area contributed by atoms with Crippen molar-refractivity contribution in [1.29, 1.82) is 0 Å². The standard InChI is InChI=1S/C14H17NO2S/c16-14(17)11-8-9-4-3-7-12(9)15-13(11)18-10-5-1-2-6-10/h8,10H,1-7H2,(H,16,17). The molecule has 1 aromatic heterocycles. The van der Waals surface area contributed by atoms with Gasteiger partial charge in [0.05, 0.1) is 5.56 Å². The van der Waals surface area contributed by atoms with Gasteiger partial charge >= 0.3 is 5.97 Å². The van der Waals surface area contributed by atoms with E-state index in [4.69, 9.17) is 0 Å². The molecule has 0 amide bonds. The van der Waals surface area contributed by atoms with Crippen LogP contribution in [0.3, 0.4) is 0 Å². The number of aromatic carboxylic acids is 1. The minimum absolute atomic E-state index is 0.410. The first-order valence-corrected chi connectivity index (χ1v) is 7.55. The van der Waals surface area contributed by atoms with E-state index < -0.39 is 5.97 Å². The Morgan fingerprint density at radius 2 is 2.06 bits per heavy atom. The molecule has 3 rings (SSSR count). The number of carboxylic acid groups (broad SMARTS) is 1. The fourth-order valence-corrected chi connectivity index (χ4v) is 4.18. The van der Waals surface area contributed by atoms with Gasteiger partial charge in [0, 0.05) is 10.9 Å². The van der Waals surface area contributed by atoms with Crippen molar-refractivity contribution in [3.63, 3.8) is 0 Å².